The first-order chi connectivity index (χ1) is 13.2. The number of hydrogen-bond donors (Lipinski definition) is 0. The van der Waals surface area contributed by atoms with E-state index in [2.05, 4.69) is 0 Å². The Labute approximate surface area is 162 Å². The van der Waals surface area contributed by atoms with Crippen molar-refractivity contribution in [3.63, 3.8) is 0 Å². The van der Waals surface area contributed by atoms with Crippen LogP contribution in [0.1, 0.15) is 23.7 Å². The molecule has 5 nitrogen and oxygen atoms in total. The largest absolute Gasteiger partial charge is 0.455 e. The molecular weight excluding hydrogens is 362 g/mol. The van der Waals surface area contributed by atoms with Crippen LogP contribution < -0.4 is 0 Å². The topological polar surface area (TPSA) is 63.7 Å². The van der Waals surface area contributed by atoms with E-state index in [4.69, 9.17) is 4.74 Å². The van der Waals surface area contributed by atoms with Gasteiger partial charge in [-0.1, -0.05) is 60.7 Å². The molecule has 4 rings (SSSR count). The average molecular weight is 381 g/mol. The first-order valence-electron chi connectivity index (χ1n) is 8.51. The first kappa shape index (κ1) is 18.9. The molecule has 1 unspecified atom stereocenters. The smallest absolute Gasteiger partial charge is 0.294 e. The normalized spacial score (nSPS) is 17.7. The van der Waals surface area contributed by atoms with Crippen molar-refractivity contribution in [1.29, 1.82) is 0 Å². The van der Waals surface area contributed by atoms with Gasteiger partial charge in [0.15, 0.2) is 6.10 Å². The molecule has 0 radical (unpaired) electrons. The standard InChI is InChI=1S/C14H12O2.C7H7NO2S/c15-11-16-14(12-7-3-1-4-8-12)13-9-5-2-6-10-13;9-3-5-2-8-6(10)1-7(8)11-4-5/h1-11,14H;3-4,7H,1-2H2. The Morgan fingerprint density at radius 2 is 1.59 bits per heavy atom. The third-order valence-electron chi connectivity index (χ3n) is 4.29. The fraction of sp³-hybridized carbons (Fsp3) is 0.190. The van der Waals surface area contributed by atoms with Crippen LogP contribution >= 0.6 is 11.8 Å². The van der Waals surface area contributed by atoms with E-state index in [1.54, 1.807) is 16.7 Å². The Morgan fingerprint density at radius 1 is 1.00 bits per heavy atom. The van der Waals surface area contributed by atoms with Crippen molar-refractivity contribution in [2.75, 3.05) is 6.54 Å². The summed E-state index contributed by atoms with van der Waals surface area (Å²) in [5, 5.41) is 2.16. The summed E-state index contributed by atoms with van der Waals surface area (Å²) in [5.41, 5.74) is 2.65. The van der Waals surface area contributed by atoms with Crippen LogP contribution in [0.15, 0.2) is 71.6 Å². The summed E-state index contributed by atoms with van der Waals surface area (Å²) in [7, 11) is 0. The summed E-state index contributed by atoms with van der Waals surface area (Å²) in [6.07, 6.45) is 1.13. The zero-order chi connectivity index (χ0) is 19.1. The summed E-state index contributed by atoms with van der Waals surface area (Å²) in [6, 6.07) is 19.4. The molecule has 2 aromatic carbocycles. The van der Waals surface area contributed by atoms with Crippen molar-refractivity contribution in [2.24, 2.45) is 0 Å². The maximum Gasteiger partial charge on any atom is 0.294 e. The molecule has 0 N–H and O–H groups in total. The second-order valence-electron chi connectivity index (χ2n) is 6.06. The Morgan fingerprint density at radius 3 is 2.07 bits per heavy atom. The summed E-state index contributed by atoms with van der Waals surface area (Å²) in [4.78, 5) is 33.5. The lowest BCUT2D eigenvalue weighted by Crippen LogP contribution is -2.52. The minimum Gasteiger partial charge on any atom is -0.455 e. The molecular formula is C21H19NO4S. The molecule has 0 spiro atoms. The van der Waals surface area contributed by atoms with Crippen LogP contribution in [-0.2, 0) is 19.1 Å². The van der Waals surface area contributed by atoms with Gasteiger partial charge in [0, 0.05) is 5.57 Å². The van der Waals surface area contributed by atoms with Crippen molar-refractivity contribution in [3.8, 4) is 0 Å². The van der Waals surface area contributed by atoms with Gasteiger partial charge in [-0.25, -0.2) is 0 Å². The quantitative estimate of drug-likeness (QED) is 0.587. The highest BCUT2D eigenvalue weighted by atomic mass is 32.2. The van der Waals surface area contributed by atoms with Crippen LogP contribution in [0, 0.1) is 0 Å². The zero-order valence-electron chi connectivity index (χ0n) is 14.6. The van der Waals surface area contributed by atoms with Gasteiger partial charge in [0.25, 0.3) is 6.47 Å². The van der Waals surface area contributed by atoms with Crippen molar-refractivity contribution in [2.45, 2.75) is 17.9 Å². The summed E-state index contributed by atoms with van der Waals surface area (Å²) in [5.74, 6) is 0.162. The molecule has 1 amide bonds. The molecule has 1 fully saturated rings. The van der Waals surface area contributed by atoms with Crippen molar-refractivity contribution in [3.05, 3.63) is 82.8 Å². The lowest BCUT2D eigenvalue weighted by atomic mass is 10.0. The first-order valence-corrected chi connectivity index (χ1v) is 9.45. The van der Waals surface area contributed by atoms with Crippen LogP contribution in [0.25, 0.3) is 0 Å². The Hall–Kier alpha value is -2.86. The maximum atomic E-state index is 10.9. The number of rotatable bonds is 5. The fourth-order valence-corrected chi connectivity index (χ4v) is 3.90. The number of amides is 1. The number of β-lactam (4-membered cyclic amide) rings is 1. The SMILES string of the molecule is O=CC1=CSC2CC(=O)N2C1.O=COC(c1ccccc1)c1ccccc1. The van der Waals surface area contributed by atoms with Gasteiger partial charge in [0.05, 0.1) is 18.3 Å². The molecule has 2 aromatic rings. The molecule has 27 heavy (non-hydrogen) atoms. The summed E-state index contributed by atoms with van der Waals surface area (Å²) in [6.45, 7) is 1.00. The van der Waals surface area contributed by atoms with Gasteiger partial charge >= 0.3 is 0 Å². The summed E-state index contributed by atoms with van der Waals surface area (Å²) >= 11 is 1.56. The molecule has 0 bridgehead atoms. The van der Waals surface area contributed by atoms with E-state index in [1.807, 2.05) is 66.1 Å². The predicted octanol–water partition coefficient (Wildman–Crippen LogP) is 3.32. The monoisotopic (exact) mass is 381 g/mol. The molecule has 2 heterocycles. The number of carbonyl (C=O) groups excluding carboxylic acids is 3. The van der Waals surface area contributed by atoms with Crippen LogP contribution in [0.2, 0.25) is 0 Å². The summed E-state index contributed by atoms with van der Waals surface area (Å²) < 4.78 is 5.13. The van der Waals surface area contributed by atoms with Gasteiger partial charge in [-0.05, 0) is 16.5 Å². The Balaban J connectivity index is 0.000000166. The lowest BCUT2D eigenvalue weighted by molar-refractivity contribution is -0.141. The van der Waals surface area contributed by atoms with Gasteiger partial charge in [-0.15, -0.1) is 11.8 Å². The Kier molecular flexibility index (Phi) is 6.44. The van der Waals surface area contributed by atoms with Gasteiger partial charge in [-0.3, -0.25) is 14.4 Å². The molecule has 138 valence electrons. The molecule has 0 saturated carbocycles. The van der Waals surface area contributed by atoms with E-state index in [0.717, 1.165) is 17.4 Å². The van der Waals surface area contributed by atoms with E-state index in [9.17, 15) is 14.4 Å². The molecule has 2 aliphatic rings. The molecule has 1 saturated heterocycles. The predicted molar refractivity (Wildman–Crippen MR) is 104 cm³/mol. The molecule has 2 aliphatic heterocycles. The van der Waals surface area contributed by atoms with Gasteiger partial charge in [-0.2, -0.15) is 0 Å². The number of thioether (sulfide) groups is 1. The van der Waals surface area contributed by atoms with E-state index in [-0.39, 0.29) is 12.0 Å². The van der Waals surface area contributed by atoms with Crippen LogP contribution in [0.5, 0.6) is 0 Å². The van der Waals surface area contributed by atoms with Crippen molar-refractivity contribution >= 4 is 30.4 Å². The van der Waals surface area contributed by atoms with Crippen LogP contribution in [-0.4, -0.2) is 35.5 Å². The molecule has 0 aliphatic carbocycles. The molecule has 6 heteroatoms. The zero-order valence-corrected chi connectivity index (χ0v) is 15.4. The van der Waals surface area contributed by atoms with E-state index in [1.165, 1.54) is 0 Å². The highest BCUT2D eigenvalue weighted by Gasteiger charge is 2.38. The van der Waals surface area contributed by atoms with Crippen LogP contribution in [0.4, 0.5) is 0 Å². The average Bonchev–Trinajstić information content (AvgIpc) is 2.73. The van der Waals surface area contributed by atoms with Gasteiger partial charge in [0.1, 0.15) is 6.29 Å². The van der Waals surface area contributed by atoms with E-state index < -0.39 is 0 Å². The van der Waals surface area contributed by atoms with Crippen LogP contribution in [0.3, 0.4) is 0 Å². The van der Waals surface area contributed by atoms with Gasteiger partial charge in [0.2, 0.25) is 5.91 Å². The second-order valence-corrected chi connectivity index (χ2v) is 7.11. The Bertz CT molecular complexity index is 783. The number of fused-ring (bicyclic) bond motifs is 1. The minimum atomic E-state index is -0.320. The third-order valence-corrected chi connectivity index (χ3v) is 5.47. The highest BCUT2D eigenvalue weighted by molar-refractivity contribution is 8.02. The van der Waals surface area contributed by atoms with Crippen molar-refractivity contribution in [1.82, 2.24) is 4.90 Å². The van der Waals surface area contributed by atoms with Gasteiger partial charge < -0.3 is 9.64 Å². The number of benzene rings is 2. The number of aldehydes is 1. The second kappa shape index (κ2) is 9.19. The number of hydrogen-bond acceptors (Lipinski definition) is 5. The molecule has 1 atom stereocenters. The fourth-order valence-electron chi connectivity index (χ4n) is 2.86. The lowest BCUT2D eigenvalue weighted by Gasteiger charge is -2.41. The third kappa shape index (κ3) is 4.65. The van der Waals surface area contributed by atoms with E-state index in [0.29, 0.717) is 30.4 Å². The number of nitrogens with zero attached hydrogens (tertiary/aromatic N) is 1. The number of ether oxygens (including phenoxy) is 1. The highest BCUT2D eigenvalue weighted by Crippen LogP contribution is 2.34. The van der Waals surface area contributed by atoms with Crippen molar-refractivity contribution < 1.29 is 19.1 Å². The maximum absolute atomic E-state index is 10.9. The minimum absolute atomic E-state index is 0.162. The van der Waals surface area contributed by atoms with E-state index >= 15 is 0 Å². The molecule has 0 aromatic heterocycles. The number of carbonyl (C=O) groups is 3.